The summed E-state index contributed by atoms with van der Waals surface area (Å²) in [5, 5.41) is 9.18. The summed E-state index contributed by atoms with van der Waals surface area (Å²) in [6.45, 7) is 6.37. The summed E-state index contributed by atoms with van der Waals surface area (Å²) in [6, 6.07) is 11.4. The predicted molar refractivity (Wildman–Crippen MR) is 107 cm³/mol. The molecule has 148 valence electrons. The fraction of sp³-hybridized carbons (Fsp3) is 0.333. The molecule has 7 heteroatoms. The number of thiophene rings is 1. The molecule has 1 N–H and O–H groups in total. The van der Waals surface area contributed by atoms with Gasteiger partial charge in [0.15, 0.2) is 6.10 Å². The van der Waals surface area contributed by atoms with Gasteiger partial charge < -0.3 is 19.0 Å². The Labute approximate surface area is 167 Å². The maximum atomic E-state index is 11.2. The number of nitrogens with zero attached hydrogens (tertiary/aromatic N) is 1. The second-order valence-electron chi connectivity index (χ2n) is 6.35. The molecule has 28 heavy (non-hydrogen) atoms. The molecular weight excluding hydrogens is 378 g/mol. The van der Waals surface area contributed by atoms with Crippen molar-refractivity contribution < 1.29 is 23.8 Å². The van der Waals surface area contributed by atoms with Crippen molar-refractivity contribution >= 4 is 17.3 Å². The van der Waals surface area contributed by atoms with E-state index in [1.54, 1.807) is 18.3 Å². The van der Waals surface area contributed by atoms with Crippen LogP contribution in [0.4, 0.5) is 0 Å². The van der Waals surface area contributed by atoms with Gasteiger partial charge in [0.2, 0.25) is 5.89 Å². The first-order valence-corrected chi connectivity index (χ1v) is 9.87. The Morgan fingerprint density at radius 3 is 2.57 bits per heavy atom. The molecular formula is C21H23NO5S. The first-order valence-electron chi connectivity index (χ1n) is 9.05. The van der Waals surface area contributed by atoms with Crippen LogP contribution in [-0.2, 0) is 22.6 Å². The molecule has 0 saturated heterocycles. The van der Waals surface area contributed by atoms with E-state index in [1.807, 2.05) is 50.2 Å². The Hall–Kier alpha value is -2.64. The second kappa shape index (κ2) is 9.03. The highest BCUT2D eigenvalue weighted by Crippen LogP contribution is 2.29. The van der Waals surface area contributed by atoms with Gasteiger partial charge in [-0.05, 0) is 50.6 Å². The minimum atomic E-state index is -0.958. The minimum Gasteiger partial charge on any atom is -0.487 e. The summed E-state index contributed by atoms with van der Waals surface area (Å²) in [6.07, 6.45) is -0.524. The van der Waals surface area contributed by atoms with Gasteiger partial charge in [0.05, 0.1) is 4.88 Å². The van der Waals surface area contributed by atoms with Crippen LogP contribution >= 0.6 is 11.3 Å². The van der Waals surface area contributed by atoms with Crippen molar-refractivity contribution in [3.63, 3.8) is 0 Å². The summed E-state index contributed by atoms with van der Waals surface area (Å²) >= 11 is 1.64. The first-order chi connectivity index (χ1) is 13.5. The van der Waals surface area contributed by atoms with E-state index in [0.717, 1.165) is 21.9 Å². The highest BCUT2D eigenvalue weighted by Gasteiger charge is 2.18. The average molecular weight is 401 g/mol. The van der Waals surface area contributed by atoms with E-state index >= 15 is 0 Å². The van der Waals surface area contributed by atoms with Crippen molar-refractivity contribution in [3.05, 3.63) is 58.3 Å². The number of ether oxygens (including phenoxy) is 2. The molecule has 2 heterocycles. The molecule has 6 nitrogen and oxygen atoms in total. The minimum absolute atomic E-state index is 0.301. The van der Waals surface area contributed by atoms with Crippen LogP contribution in [0.5, 0.6) is 5.75 Å². The van der Waals surface area contributed by atoms with Crippen LogP contribution in [0.3, 0.4) is 0 Å². The molecule has 1 atom stereocenters. The molecule has 1 aromatic carbocycles. The lowest BCUT2D eigenvalue weighted by Crippen LogP contribution is -2.26. The number of carboxylic acids is 1. The molecule has 2 aromatic heterocycles. The number of rotatable bonds is 9. The van der Waals surface area contributed by atoms with E-state index in [4.69, 9.17) is 13.9 Å². The Morgan fingerprint density at radius 1 is 1.21 bits per heavy atom. The Balaban J connectivity index is 1.61. The third kappa shape index (κ3) is 4.99. The van der Waals surface area contributed by atoms with E-state index < -0.39 is 12.1 Å². The van der Waals surface area contributed by atoms with Gasteiger partial charge in [-0.25, -0.2) is 9.78 Å². The molecule has 3 aromatic rings. The third-order valence-corrected chi connectivity index (χ3v) is 5.20. The summed E-state index contributed by atoms with van der Waals surface area (Å²) < 4.78 is 16.8. The number of carbonyl (C=O) groups is 1. The van der Waals surface area contributed by atoms with Gasteiger partial charge in [-0.2, -0.15) is 0 Å². The van der Waals surface area contributed by atoms with Crippen molar-refractivity contribution in [1.82, 2.24) is 4.98 Å². The highest BCUT2D eigenvalue weighted by molar-refractivity contribution is 7.15. The molecule has 0 fully saturated rings. The molecule has 0 aliphatic rings. The number of benzene rings is 1. The summed E-state index contributed by atoms with van der Waals surface area (Å²) in [7, 11) is 0. The second-order valence-corrected chi connectivity index (χ2v) is 7.64. The lowest BCUT2D eigenvalue weighted by atomic mass is 10.1. The quantitative estimate of drug-likeness (QED) is 0.563. The van der Waals surface area contributed by atoms with Crippen molar-refractivity contribution in [2.45, 2.75) is 39.9 Å². The van der Waals surface area contributed by atoms with Gasteiger partial charge >= 0.3 is 5.97 Å². The van der Waals surface area contributed by atoms with Gasteiger partial charge in [-0.3, -0.25) is 0 Å². The molecule has 0 bridgehead atoms. The van der Waals surface area contributed by atoms with Crippen LogP contribution < -0.4 is 4.74 Å². The van der Waals surface area contributed by atoms with Crippen LogP contribution in [0.25, 0.3) is 10.8 Å². The summed E-state index contributed by atoms with van der Waals surface area (Å²) in [4.78, 5) is 17.9. The number of carboxylic acid groups (broad SMARTS) is 1. The van der Waals surface area contributed by atoms with Crippen LogP contribution in [0.2, 0.25) is 0 Å². The van der Waals surface area contributed by atoms with Crippen LogP contribution in [-0.4, -0.2) is 28.8 Å². The molecule has 0 aliphatic carbocycles. The van der Waals surface area contributed by atoms with Gasteiger partial charge in [0, 0.05) is 17.9 Å². The number of oxazole rings is 1. The average Bonchev–Trinajstić information content (AvgIpc) is 3.26. The number of aromatic nitrogens is 1. The monoisotopic (exact) mass is 401 g/mol. The number of aliphatic carboxylic acids is 1. The SMILES string of the molecule is CCO[C@@H](Cc1ccc(OCc2nc(-c3ccc(C)s3)oc2C)cc1)C(=O)O. The molecule has 0 aliphatic heterocycles. The molecule has 0 amide bonds. The zero-order chi connectivity index (χ0) is 20.1. The first kappa shape index (κ1) is 20.1. The molecule has 0 unspecified atom stereocenters. The number of hydrogen-bond donors (Lipinski definition) is 1. The lowest BCUT2D eigenvalue weighted by Gasteiger charge is -2.12. The van der Waals surface area contributed by atoms with Crippen LogP contribution in [0.15, 0.2) is 40.8 Å². The lowest BCUT2D eigenvalue weighted by molar-refractivity contribution is -0.149. The summed E-state index contributed by atoms with van der Waals surface area (Å²) in [5.74, 6) is 1.07. The maximum Gasteiger partial charge on any atom is 0.333 e. The zero-order valence-electron chi connectivity index (χ0n) is 16.1. The molecule has 0 radical (unpaired) electrons. The molecule has 3 rings (SSSR count). The summed E-state index contributed by atoms with van der Waals surface area (Å²) in [5.41, 5.74) is 1.63. The van der Waals surface area contributed by atoms with Gasteiger partial charge in [-0.1, -0.05) is 12.1 Å². The van der Waals surface area contributed by atoms with E-state index in [1.165, 1.54) is 4.88 Å². The fourth-order valence-electron chi connectivity index (χ4n) is 2.72. The number of aryl methyl sites for hydroxylation is 2. The van der Waals surface area contributed by atoms with Gasteiger partial charge in [-0.15, -0.1) is 11.3 Å². The fourth-order valence-corrected chi connectivity index (χ4v) is 3.52. The van der Waals surface area contributed by atoms with Crippen molar-refractivity contribution in [2.75, 3.05) is 6.61 Å². The maximum absolute atomic E-state index is 11.2. The zero-order valence-corrected chi connectivity index (χ0v) is 16.9. The Bertz CT molecular complexity index is 929. The third-order valence-electron chi connectivity index (χ3n) is 4.21. The normalized spacial score (nSPS) is 12.1. The smallest absolute Gasteiger partial charge is 0.333 e. The van der Waals surface area contributed by atoms with Crippen molar-refractivity contribution in [1.29, 1.82) is 0 Å². The highest BCUT2D eigenvalue weighted by atomic mass is 32.1. The Kier molecular flexibility index (Phi) is 6.49. The topological polar surface area (TPSA) is 81.8 Å². The van der Waals surface area contributed by atoms with Crippen LogP contribution in [0.1, 0.15) is 28.8 Å². The predicted octanol–water partition coefficient (Wildman–Crippen LogP) is 4.63. The standard InChI is InChI=1S/C21H23NO5S/c1-4-25-18(21(23)24)11-15-6-8-16(9-7-15)26-12-17-14(3)27-20(22-17)19-10-5-13(2)28-19/h5-10,18H,4,11-12H2,1-3H3,(H,23,24)/t18-/m0/s1. The van der Waals surface area contributed by atoms with E-state index in [2.05, 4.69) is 4.98 Å². The molecule has 0 spiro atoms. The van der Waals surface area contributed by atoms with E-state index in [-0.39, 0.29) is 0 Å². The number of hydrogen-bond acceptors (Lipinski definition) is 6. The van der Waals surface area contributed by atoms with Gasteiger partial charge in [0.25, 0.3) is 0 Å². The van der Waals surface area contributed by atoms with E-state index in [9.17, 15) is 9.90 Å². The van der Waals surface area contributed by atoms with Crippen LogP contribution in [0, 0.1) is 13.8 Å². The van der Waals surface area contributed by atoms with E-state index in [0.29, 0.717) is 31.3 Å². The van der Waals surface area contributed by atoms with Crippen molar-refractivity contribution in [3.8, 4) is 16.5 Å². The van der Waals surface area contributed by atoms with Gasteiger partial charge in [0.1, 0.15) is 23.8 Å². The van der Waals surface area contributed by atoms with Crippen molar-refractivity contribution in [2.24, 2.45) is 0 Å². The largest absolute Gasteiger partial charge is 0.487 e. The Morgan fingerprint density at radius 2 is 1.96 bits per heavy atom. The molecule has 0 saturated carbocycles.